The first-order valence-corrected chi connectivity index (χ1v) is 6.82. The van der Waals surface area contributed by atoms with Gasteiger partial charge in [-0.25, -0.2) is 8.42 Å². The molecule has 96 valence electrons. The summed E-state index contributed by atoms with van der Waals surface area (Å²) in [5, 5.41) is 6.22. The van der Waals surface area contributed by atoms with Gasteiger partial charge in [0.2, 0.25) is 0 Å². The molecule has 8 heteroatoms. The summed E-state index contributed by atoms with van der Waals surface area (Å²) in [6.07, 6.45) is 1.15. The number of morpholine rings is 1. The molecule has 2 heterocycles. The smallest absolute Gasteiger partial charge is 0.260 e. The molecule has 0 amide bonds. The molecule has 1 aliphatic rings. The lowest BCUT2D eigenvalue weighted by atomic mass is 10.2. The Bertz CT molecular complexity index is 457. The summed E-state index contributed by atoms with van der Waals surface area (Å²) in [7, 11) is -3.51. The van der Waals surface area contributed by atoms with Crippen LogP contribution in [0.15, 0.2) is 17.3 Å². The predicted molar refractivity (Wildman–Crippen MR) is 60.7 cm³/mol. The minimum Gasteiger partial charge on any atom is -0.374 e. The zero-order valence-corrected chi connectivity index (χ0v) is 10.4. The van der Waals surface area contributed by atoms with Gasteiger partial charge >= 0.3 is 0 Å². The Morgan fingerprint density at radius 3 is 3.06 bits per heavy atom. The number of aromatic amines is 1. The highest BCUT2D eigenvalue weighted by atomic mass is 32.2. The van der Waals surface area contributed by atoms with E-state index >= 15 is 0 Å². The van der Waals surface area contributed by atoms with Crippen LogP contribution >= 0.6 is 0 Å². The first-order valence-electron chi connectivity index (χ1n) is 5.38. The van der Waals surface area contributed by atoms with E-state index in [1.807, 2.05) is 0 Å². The van der Waals surface area contributed by atoms with Crippen molar-refractivity contribution in [3.8, 4) is 0 Å². The molecule has 1 aliphatic heterocycles. The van der Waals surface area contributed by atoms with E-state index in [0.717, 1.165) is 0 Å². The third kappa shape index (κ3) is 2.49. The van der Waals surface area contributed by atoms with Gasteiger partial charge in [0.15, 0.2) is 5.03 Å². The third-order valence-corrected chi connectivity index (χ3v) is 4.53. The van der Waals surface area contributed by atoms with Gasteiger partial charge < -0.3 is 10.5 Å². The Hall–Kier alpha value is -0.960. The normalized spacial score (nSPS) is 24.7. The maximum atomic E-state index is 12.2. The van der Waals surface area contributed by atoms with Gasteiger partial charge in [-0.15, -0.1) is 0 Å². The van der Waals surface area contributed by atoms with E-state index in [4.69, 9.17) is 10.5 Å². The molecular weight excluding hydrogens is 244 g/mol. The fraction of sp³-hybridized carbons (Fsp3) is 0.667. The topological polar surface area (TPSA) is 101 Å². The van der Waals surface area contributed by atoms with Gasteiger partial charge in [-0.3, -0.25) is 5.10 Å². The fourth-order valence-corrected chi connectivity index (χ4v) is 3.05. The first kappa shape index (κ1) is 12.5. The number of rotatable bonds is 3. The van der Waals surface area contributed by atoms with E-state index in [1.54, 1.807) is 6.92 Å². The number of aromatic nitrogens is 2. The van der Waals surface area contributed by atoms with Crippen LogP contribution in [-0.2, 0) is 14.8 Å². The van der Waals surface area contributed by atoms with Crippen LogP contribution in [0.3, 0.4) is 0 Å². The quantitative estimate of drug-likeness (QED) is 0.737. The molecule has 1 saturated heterocycles. The molecule has 2 unspecified atom stereocenters. The summed E-state index contributed by atoms with van der Waals surface area (Å²) in [5.74, 6) is 0. The molecule has 0 saturated carbocycles. The molecule has 7 nitrogen and oxygen atoms in total. The molecule has 1 aromatic heterocycles. The van der Waals surface area contributed by atoms with Crippen LogP contribution in [-0.4, -0.2) is 54.8 Å². The molecule has 1 aromatic rings. The lowest BCUT2D eigenvalue weighted by Gasteiger charge is -2.33. The summed E-state index contributed by atoms with van der Waals surface area (Å²) in [5.41, 5.74) is 5.72. The van der Waals surface area contributed by atoms with Crippen molar-refractivity contribution in [3.63, 3.8) is 0 Å². The molecule has 0 aromatic carbocycles. The Kier molecular flexibility index (Phi) is 3.48. The third-order valence-electron chi connectivity index (χ3n) is 2.74. The van der Waals surface area contributed by atoms with E-state index in [0.29, 0.717) is 13.2 Å². The van der Waals surface area contributed by atoms with E-state index in [9.17, 15) is 8.42 Å². The zero-order chi connectivity index (χ0) is 12.5. The molecule has 2 atom stereocenters. The molecule has 2 rings (SSSR count). The van der Waals surface area contributed by atoms with Gasteiger partial charge in [0, 0.05) is 19.1 Å². The van der Waals surface area contributed by atoms with E-state index in [-0.39, 0.29) is 23.7 Å². The highest BCUT2D eigenvalue weighted by Crippen LogP contribution is 2.17. The van der Waals surface area contributed by atoms with E-state index in [1.165, 1.54) is 16.6 Å². The SMILES string of the molecule is CC(N)C1CN(S(=O)(=O)c2ccn[nH]2)CCO1. The van der Waals surface area contributed by atoms with Crippen molar-refractivity contribution in [1.29, 1.82) is 0 Å². The van der Waals surface area contributed by atoms with Crippen molar-refractivity contribution < 1.29 is 13.2 Å². The largest absolute Gasteiger partial charge is 0.374 e. The second-order valence-corrected chi connectivity index (χ2v) is 5.96. The van der Waals surface area contributed by atoms with Crippen molar-refractivity contribution in [2.45, 2.75) is 24.1 Å². The number of nitrogens with zero attached hydrogens (tertiary/aromatic N) is 2. The lowest BCUT2D eigenvalue weighted by molar-refractivity contribution is -0.0120. The van der Waals surface area contributed by atoms with E-state index < -0.39 is 10.0 Å². The van der Waals surface area contributed by atoms with Crippen LogP contribution in [0.25, 0.3) is 0 Å². The van der Waals surface area contributed by atoms with E-state index in [2.05, 4.69) is 10.2 Å². The summed E-state index contributed by atoms with van der Waals surface area (Å²) in [4.78, 5) is 0. The first-order chi connectivity index (χ1) is 8.01. The van der Waals surface area contributed by atoms with Crippen molar-refractivity contribution in [3.05, 3.63) is 12.3 Å². The average Bonchev–Trinajstić information content (AvgIpc) is 2.83. The van der Waals surface area contributed by atoms with Crippen LogP contribution in [0.2, 0.25) is 0 Å². The molecule has 1 fully saturated rings. The van der Waals surface area contributed by atoms with Crippen molar-refractivity contribution in [2.24, 2.45) is 5.73 Å². The van der Waals surface area contributed by atoms with Gasteiger partial charge in [-0.05, 0) is 13.0 Å². The fourth-order valence-electron chi connectivity index (χ4n) is 1.71. The second kappa shape index (κ2) is 4.73. The Morgan fingerprint density at radius 1 is 1.71 bits per heavy atom. The van der Waals surface area contributed by atoms with Gasteiger partial charge in [0.25, 0.3) is 10.0 Å². The monoisotopic (exact) mass is 260 g/mol. The number of ether oxygens (including phenoxy) is 1. The Labute approximate surface area is 100.0 Å². The summed E-state index contributed by atoms with van der Waals surface area (Å²) in [6.45, 7) is 2.78. The minimum absolute atomic E-state index is 0.0998. The molecule has 0 bridgehead atoms. The van der Waals surface area contributed by atoms with Crippen LogP contribution in [0.5, 0.6) is 0 Å². The Morgan fingerprint density at radius 2 is 2.47 bits per heavy atom. The lowest BCUT2D eigenvalue weighted by Crippen LogP contribution is -2.51. The van der Waals surface area contributed by atoms with Gasteiger partial charge in [-0.2, -0.15) is 9.40 Å². The van der Waals surface area contributed by atoms with Gasteiger partial charge in [0.05, 0.1) is 18.9 Å². The molecule has 0 radical (unpaired) electrons. The minimum atomic E-state index is -3.51. The number of nitrogens with two attached hydrogens (primary N) is 1. The van der Waals surface area contributed by atoms with Crippen LogP contribution < -0.4 is 5.73 Å². The molecule has 0 spiro atoms. The standard InChI is InChI=1S/C9H16N4O3S/c1-7(10)8-6-13(4-5-16-8)17(14,15)9-2-3-11-12-9/h2-3,7-8H,4-6,10H2,1H3,(H,11,12). The molecule has 3 N–H and O–H groups in total. The highest BCUT2D eigenvalue weighted by Gasteiger charge is 2.32. The van der Waals surface area contributed by atoms with Gasteiger partial charge in [0.1, 0.15) is 0 Å². The van der Waals surface area contributed by atoms with Crippen molar-refractivity contribution in [2.75, 3.05) is 19.7 Å². The second-order valence-electron chi connectivity index (χ2n) is 4.05. The number of hydrogen-bond acceptors (Lipinski definition) is 5. The van der Waals surface area contributed by atoms with Crippen LogP contribution in [0.1, 0.15) is 6.92 Å². The number of hydrogen-bond donors (Lipinski definition) is 2. The number of nitrogens with one attached hydrogen (secondary N) is 1. The van der Waals surface area contributed by atoms with Crippen molar-refractivity contribution >= 4 is 10.0 Å². The predicted octanol–water partition coefficient (Wildman–Crippen LogP) is -0.854. The Balaban J connectivity index is 2.17. The van der Waals surface area contributed by atoms with Crippen molar-refractivity contribution in [1.82, 2.24) is 14.5 Å². The summed E-state index contributed by atoms with van der Waals surface area (Å²) >= 11 is 0. The molecule has 17 heavy (non-hydrogen) atoms. The maximum Gasteiger partial charge on any atom is 0.260 e. The summed E-state index contributed by atoms with van der Waals surface area (Å²) in [6, 6.07) is 1.24. The van der Waals surface area contributed by atoms with Crippen LogP contribution in [0.4, 0.5) is 0 Å². The maximum absolute atomic E-state index is 12.2. The highest BCUT2D eigenvalue weighted by molar-refractivity contribution is 7.89. The number of H-pyrrole nitrogens is 1. The molecular formula is C9H16N4O3S. The van der Waals surface area contributed by atoms with Gasteiger partial charge in [-0.1, -0.05) is 0 Å². The molecule has 0 aliphatic carbocycles. The van der Waals surface area contributed by atoms with Crippen LogP contribution in [0, 0.1) is 0 Å². The number of sulfonamides is 1. The average molecular weight is 260 g/mol. The zero-order valence-electron chi connectivity index (χ0n) is 9.54. The summed E-state index contributed by atoms with van der Waals surface area (Å²) < 4.78 is 31.1.